The van der Waals surface area contributed by atoms with E-state index < -0.39 is 20.0 Å². The largest absolute Gasteiger partial charge is 0.472 e. The highest BCUT2D eigenvalue weighted by atomic mass is 31.2. The zero-order chi connectivity index (χ0) is 55.6. The molecule has 0 aliphatic carbocycles. The van der Waals surface area contributed by atoms with Crippen molar-refractivity contribution in [2.24, 2.45) is 0 Å². The van der Waals surface area contributed by atoms with Crippen molar-refractivity contribution in [2.45, 2.75) is 257 Å². The van der Waals surface area contributed by atoms with E-state index in [1.165, 1.54) is 116 Å². The lowest BCUT2D eigenvalue weighted by molar-refractivity contribution is -0.870. The molecule has 0 saturated heterocycles. The number of phosphoric acid groups is 1. The lowest BCUT2D eigenvalue weighted by Gasteiger charge is -2.25. The number of unbranched alkanes of at least 4 members (excludes halogenated alkanes) is 24. The standard InChI is InChI=1S/C67H117N2O6P/c1-6-8-10-12-14-16-18-20-22-24-26-28-30-32-34-36-38-40-42-44-46-48-50-52-54-56-58-60-66(70)65(64-75-76(72,73)74-63-62-69(3,4)5)68-67(71)61-59-57-55-53-51-49-47-45-43-41-39-37-35-33-31-29-27-25-23-21-19-17-15-13-11-9-7-2/h9,11,15,17,21,23,27,29,33,35,39,41-42,44-45,47,50,52,58,60,65-66,70H,6-8,10,12-14,16,18-20,22,24-26,28,30-32,34,36-38,40,43,46,48-49,51,53-57,59,61-64H2,1-5H3,(H-,68,71,72,73)/p+1/b11-9-,17-15-,23-21-,29-27-,35-33-,41-39-,44-42+,47-45-,52-50+,60-58+. The molecule has 0 aromatic rings. The van der Waals surface area contributed by atoms with Gasteiger partial charge in [-0.05, 0) is 103 Å². The second-order valence-electron chi connectivity index (χ2n) is 21.7. The molecule has 0 fully saturated rings. The maximum absolute atomic E-state index is 13.0. The van der Waals surface area contributed by atoms with E-state index in [1.807, 2.05) is 27.2 Å². The predicted molar refractivity (Wildman–Crippen MR) is 332 cm³/mol. The first-order chi connectivity index (χ1) is 37.0. The molecule has 0 rings (SSSR count). The van der Waals surface area contributed by atoms with Crippen LogP contribution in [0.3, 0.4) is 0 Å². The number of carbonyl (C=O) groups is 1. The maximum Gasteiger partial charge on any atom is 0.472 e. The van der Waals surface area contributed by atoms with Gasteiger partial charge in [-0.2, -0.15) is 0 Å². The van der Waals surface area contributed by atoms with Crippen LogP contribution in [0.2, 0.25) is 0 Å². The number of nitrogens with zero attached hydrogens (tertiary/aromatic N) is 1. The van der Waals surface area contributed by atoms with E-state index in [1.54, 1.807) is 6.08 Å². The van der Waals surface area contributed by atoms with Crippen molar-refractivity contribution < 1.29 is 32.9 Å². The smallest absolute Gasteiger partial charge is 0.387 e. The van der Waals surface area contributed by atoms with E-state index in [-0.39, 0.29) is 19.1 Å². The van der Waals surface area contributed by atoms with Gasteiger partial charge in [0.05, 0.1) is 39.9 Å². The zero-order valence-electron chi connectivity index (χ0n) is 49.7. The molecule has 0 aliphatic heterocycles. The molecule has 0 spiro atoms. The molecule has 0 heterocycles. The average molecular weight is 1080 g/mol. The summed E-state index contributed by atoms with van der Waals surface area (Å²) in [5.74, 6) is -0.214. The fourth-order valence-electron chi connectivity index (χ4n) is 8.35. The van der Waals surface area contributed by atoms with Gasteiger partial charge in [-0.25, -0.2) is 4.57 Å². The highest BCUT2D eigenvalue weighted by Gasteiger charge is 2.27. The highest BCUT2D eigenvalue weighted by molar-refractivity contribution is 7.47. The summed E-state index contributed by atoms with van der Waals surface area (Å²) in [5.41, 5.74) is 0. The predicted octanol–water partition coefficient (Wildman–Crippen LogP) is 19.3. The van der Waals surface area contributed by atoms with Crippen LogP contribution in [0.15, 0.2) is 122 Å². The summed E-state index contributed by atoms with van der Waals surface area (Å²) in [4.78, 5) is 23.3. The second-order valence-corrected chi connectivity index (χ2v) is 23.1. The Morgan fingerprint density at radius 3 is 1.21 bits per heavy atom. The number of hydrogen-bond acceptors (Lipinski definition) is 5. The minimum Gasteiger partial charge on any atom is -0.387 e. The molecule has 8 nitrogen and oxygen atoms in total. The van der Waals surface area contributed by atoms with E-state index in [2.05, 4.69) is 129 Å². The molecule has 76 heavy (non-hydrogen) atoms. The number of amides is 1. The van der Waals surface area contributed by atoms with Gasteiger partial charge in [-0.1, -0.05) is 257 Å². The highest BCUT2D eigenvalue weighted by Crippen LogP contribution is 2.43. The average Bonchev–Trinajstić information content (AvgIpc) is 3.38. The summed E-state index contributed by atoms with van der Waals surface area (Å²) >= 11 is 0. The van der Waals surface area contributed by atoms with E-state index in [0.717, 1.165) is 109 Å². The number of hydrogen-bond donors (Lipinski definition) is 3. The van der Waals surface area contributed by atoms with Crippen molar-refractivity contribution in [3.63, 3.8) is 0 Å². The molecule has 0 radical (unpaired) electrons. The molecular weight excluding hydrogens is 960 g/mol. The molecule has 3 unspecified atom stereocenters. The Labute approximate surface area is 469 Å². The first-order valence-corrected chi connectivity index (χ1v) is 32.4. The van der Waals surface area contributed by atoms with E-state index >= 15 is 0 Å². The fraction of sp³-hybridized carbons (Fsp3) is 0.687. The first-order valence-electron chi connectivity index (χ1n) is 30.9. The van der Waals surface area contributed by atoms with E-state index in [9.17, 15) is 19.4 Å². The fourth-order valence-corrected chi connectivity index (χ4v) is 9.08. The van der Waals surface area contributed by atoms with Crippen LogP contribution in [0.1, 0.15) is 245 Å². The monoisotopic (exact) mass is 1080 g/mol. The van der Waals surface area contributed by atoms with Crippen molar-refractivity contribution in [3.05, 3.63) is 122 Å². The summed E-state index contributed by atoms with van der Waals surface area (Å²) in [6.07, 6.45) is 84.6. The van der Waals surface area contributed by atoms with Crippen LogP contribution in [0.25, 0.3) is 0 Å². The van der Waals surface area contributed by atoms with Crippen molar-refractivity contribution in [3.8, 4) is 0 Å². The summed E-state index contributed by atoms with van der Waals surface area (Å²) in [6, 6.07) is -0.891. The summed E-state index contributed by atoms with van der Waals surface area (Å²) in [7, 11) is 1.52. The quantitative estimate of drug-likeness (QED) is 0.0243. The van der Waals surface area contributed by atoms with Gasteiger partial charge >= 0.3 is 7.82 Å². The number of nitrogens with one attached hydrogen (secondary N) is 1. The van der Waals surface area contributed by atoms with Crippen molar-refractivity contribution in [2.75, 3.05) is 40.9 Å². The third-order valence-corrected chi connectivity index (χ3v) is 14.1. The van der Waals surface area contributed by atoms with Crippen LogP contribution in [0, 0.1) is 0 Å². The topological polar surface area (TPSA) is 105 Å². The third kappa shape index (κ3) is 58.6. The number of quaternary nitrogens is 1. The minimum absolute atomic E-state index is 0.0424. The number of rotatable bonds is 55. The van der Waals surface area contributed by atoms with Crippen LogP contribution in [0.4, 0.5) is 0 Å². The Morgan fingerprint density at radius 2 is 0.803 bits per heavy atom. The van der Waals surface area contributed by atoms with Gasteiger partial charge < -0.3 is 19.8 Å². The molecule has 0 saturated carbocycles. The molecule has 3 N–H and O–H groups in total. The lowest BCUT2D eigenvalue weighted by atomic mass is 10.0. The molecule has 0 aliphatic rings. The van der Waals surface area contributed by atoms with Gasteiger partial charge in [-0.3, -0.25) is 13.8 Å². The third-order valence-electron chi connectivity index (χ3n) is 13.1. The van der Waals surface area contributed by atoms with Gasteiger partial charge in [0.15, 0.2) is 0 Å². The minimum atomic E-state index is -4.38. The number of likely N-dealkylation sites (N-methyl/N-ethyl adjacent to an activating group) is 1. The molecule has 0 aromatic heterocycles. The van der Waals surface area contributed by atoms with Crippen molar-refractivity contribution in [1.29, 1.82) is 0 Å². The number of aliphatic hydroxyl groups excluding tert-OH is 1. The summed E-state index contributed by atoms with van der Waals surface area (Å²) < 4.78 is 23.7. The molecule has 9 heteroatoms. The molecule has 3 atom stereocenters. The lowest BCUT2D eigenvalue weighted by Crippen LogP contribution is -2.45. The molecule has 436 valence electrons. The van der Waals surface area contributed by atoms with Crippen LogP contribution in [-0.2, 0) is 18.4 Å². The van der Waals surface area contributed by atoms with Gasteiger partial charge in [0, 0.05) is 6.42 Å². The number of carbonyl (C=O) groups excluding carboxylic acids is 1. The Morgan fingerprint density at radius 1 is 0.461 bits per heavy atom. The Hall–Kier alpha value is -3.10. The Bertz CT molecular complexity index is 1650. The summed E-state index contributed by atoms with van der Waals surface area (Å²) in [5, 5.41) is 13.9. The first kappa shape index (κ1) is 72.9. The normalized spacial score (nSPS) is 14.7. The molecule has 0 bridgehead atoms. The van der Waals surface area contributed by atoms with Gasteiger partial charge in [-0.15, -0.1) is 0 Å². The van der Waals surface area contributed by atoms with Crippen molar-refractivity contribution in [1.82, 2.24) is 5.32 Å². The second kappa shape index (κ2) is 56.6. The van der Waals surface area contributed by atoms with Crippen LogP contribution in [-0.4, -0.2) is 73.4 Å². The molecule has 1 amide bonds. The number of aliphatic hydroxyl groups is 1. The van der Waals surface area contributed by atoms with Crippen LogP contribution >= 0.6 is 7.82 Å². The van der Waals surface area contributed by atoms with Crippen LogP contribution in [0.5, 0.6) is 0 Å². The van der Waals surface area contributed by atoms with Gasteiger partial charge in [0.2, 0.25) is 5.91 Å². The SMILES string of the molecule is CC/C=C\C/C=C\C/C=C\C/C=C\C/C=C\C/C=C\C/C=C\CCCCCCCC(=O)NC(COP(=O)(O)OCC[N+](C)(C)C)C(O)/C=C/CC/C=C/CC/C=C/CCCCCCCCCCCCCCCCCCC. The Kier molecular flexibility index (Phi) is 54.3. The van der Waals surface area contributed by atoms with E-state index in [4.69, 9.17) is 9.05 Å². The van der Waals surface area contributed by atoms with Gasteiger partial charge in [0.1, 0.15) is 13.2 Å². The molecule has 0 aromatic carbocycles. The van der Waals surface area contributed by atoms with E-state index in [0.29, 0.717) is 17.4 Å². The number of allylic oxidation sites excluding steroid dienone is 19. The zero-order valence-corrected chi connectivity index (χ0v) is 50.6. The molecular formula is C67H118N2O6P+. The maximum atomic E-state index is 13.0. The van der Waals surface area contributed by atoms with Crippen LogP contribution < -0.4 is 5.32 Å². The van der Waals surface area contributed by atoms with Gasteiger partial charge in [0.25, 0.3) is 0 Å². The number of phosphoric ester groups is 1. The summed E-state index contributed by atoms with van der Waals surface area (Å²) in [6.45, 7) is 4.66. The van der Waals surface area contributed by atoms with Crippen molar-refractivity contribution >= 4 is 13.7 Å². The Balaban J connectivity index is 4.33.